The van der Waals surface area contributed by atoms with Crippen molar-refractivity contribution >= 4 is 16.5 Å². The molecule has 0 saturated carbocycles. The second-order valence-electron chi connectivity index (χ2n) is 7.81. The number of nitrogens with one attached hydrogen (secondary N) is 1. The molecule has 3 atom stereocenters. The summed E-state index contributed by atoms with van der Waals surface area (Å²) in [5, 5.41) is 16.1. The van der Waals surface area contributed by atoms with Crippen LogP contribution in [0.15, 0.2) is 59.4 Å². The molecule has 0 bridgehead atoms. The molecule has 1 aliphatic carbocycles. The summed E-state index contributed by atoms with van der Waals surface area (Å²) in [4.78, 5) is 0. The van der Waals surface area contributed by atoms with Crippen LogP contribution in [0.4, 0.5) is 0 Å². The van der Waals surface area contributed by atoms with Gasteiger partial charge in [-0.05, 0) is 42.5 Å². The third kappa shape index (κ3) is 2.31. The fraction of sp³-hybridized carbons (Fsp3) is 0.333. The first-order chi connectivity index (χ1) is 13.7. The number of hydrogen-bond acceptors (Lipinski definition) is 4. The molecule has 3 aliphatic rings. The van der Waals surface area contributed by atoms with Gasteiger partial charge in [0.1, 0.15) is 11.5 Å². The molecule has 0 amide bonds. The predicted octanol–water partition coefficient (Wildman–Crippen LogP) is 4.12. The Hall–Kier alpha value is -2.56. The summed E-state index contributed by atoms with van der Waals surface area (Å²) >= 11 is 0. The summed E-state index contributed by atoms with van der Waals surface area (Å²) in [5.41, 5.74) is 5.89. The van der Waals surface area contributed by atoms with Crippen molar-refractivity contribution in [3.63, 3.8) is 0 Å². The van der Waals surface area contributed by atoms with E-state index in [2.05, 4.69) is 48.6 Å². The first-order valence-corrected chi connectivity index (χ1v) is 9.86. The van der Waals surface area contributed by atoms with E-state index >= 15 is 0 Å². The van der Waals surface area contributed by atoms with Crippen molar-refractivity contribution in [2.75, 3.05) is 20.3 Å². The van der Waals surface area contributed by atoms with E-state index in [1.807, 2.05) is 13.0 Å². The molecule has 4 heteroatoms. The fourth-order valence-corrected chi connectivity index (χ4v) is 5.08. The number of aliphatic hydroxyl groups excluding tert-OH is 1. The van der Waals surface area contributed by atoms with Gasteiger partial charge in [-0.15, -0.1) is 0 Å². The molecule has 3 unspecified atom stereocenters. The third-order valence-electron chi connectivity index (χ3n) is 6.32. The van der Waals surface area contributed by atoms with Gasteiger partial charge in [-0.3, -0.25) is 0 Å². The van der Waals surface area contributed by atoms with Crippen LogP contribution in [0, 0.1) is 5.92 Å². The quantitative estimate of drug-likeness (QED) is 0.793. The minimum Gasteiger partial charge on any atom is -0.456 e. The molecule has 2 heterocycles. The van der Waals surface area contributed by atoms with Crippen molar-refractivity contribution < 1.29 is 14.6 Å². The minimum atomic E-state index is 0.0652. The molecule has 0 radical (unpaired) electrons. The van der Waals surface area contributed by atoms with Crippen LogP contribution in [-0.2, 0) is 4.74 Å². The molecule has 0 saturated heterocycles. The lowest BCUT2D eigenvalue weighted by Crippen LogP contribution is -2.43. The van der Waals surface area contributed by atoms with Crippen LogP contribution >= 0.6 is 0 Å². The van der Waals surface area contributed by atoms with E-state index in [-0.39, 0.29) is 24.5 Å². The number of ether oxygens (including phenoxy) is 2. The molecule has 0 spiro atoms. The van der Waals surface area contributed by atoms with Crippen LogP contribution in [0.2, 0.25) is 0 Å². The number of aliphatic hydroxyl groups is 1. The molecule has 0 aromatic heterocycles. The van der Waals surface area contributed by atoms with Crippen LogP contribution in [0.5, 0.6) is 5.75 Å². The Morgan fingerprint density at radius 1 is 1.29 bits per heavy atom. The lowest BCUT2D eigenvalue weighted by Gasteiger charge is -2.40. The first-order valence-electron chi connectivity index (χ1n) is 9.86. The van der Waals surface area contributed by atoms with Gasteiger partial charge in [-0.25, -0.2) is 0 Å². The Labute approximate surface area is 165 Å². The third-order valence-corrected chi connectivity index (χ3v) is 6.32. The van der Waals surface area contributed by atoms with E-state index in [0.717, 1.165) is 33.7 Å². The number of allylic oxidation sites excluding steroid dienone is 2. The van der Waals surface area contributed by atoms with Gasteiger partial charge in [0, 0.05) is 41.5 Å². The van der Waals surface area contributed by atoms with Gasteiger partial charge < -0.3 is 19.9 Å². The van der Waals surface area contributed by atoms with Crippen molar-refractivity contribution in [1.29, 1.82) is 0 Å². The van der Waals surface area contributed by atoms with E-state index < -0.39 is 0 Å². The average Bonchev–Trinajstić information content (AvgIpc) is 3.07. The highest BCUT2D eigenvalue weighted by molar-refractivity contribution is 5.98. The van der Waals surface area contributed by atoms with Crippen LogP contribution in [0.3, 0.4) is 0 Å². The van der Waals surface area contributed by atoms with Crippen molar-refractivity contribution in [2.45, 2.75) is 25.8 Å². The van der Waals surface area contributed by atoms with E-state index in [4.69, 9.17) is 9.47 Å². The maximum Gasteiger partial charge on any atom is 0.144 e. The molecule has 4 nitrogen and oxygen atoms in total. The second kappa shape index (κ2) is 6.50. The SMILES string of the molecule is C/C=C1/Oc2c3c(cc4ccccc24)C2C(COC)=CC(CO)C2NC3=C1C. The van der Waals surface area contributed by atoms with Crippen molar-refractivity contribution in [3.8, 4) is 5.75 Å². The molecule has 0 fully saturated rings. The molecule has 2 N–H and O–H groups in total. The summed E-state index contributed by atoms with van der Waals surface area (Å²) < 4.78 is 11.9. The van der Waals surface area contributed by atoms with Crippen LogP contribution in [0.1, 0.15) is 30.9 Å². The predicted molar refractivity (Wildman–Crippen MR) is 111 cm³/mol. The molecule has 2 aliphatic heterocycles. The standard InChI is InChI=1S/C24H25NO3/c1-4-19-13(2)22-21-18(10-14-7-5-6-8-17(14)24(21)28-19)20-16(12-27-3)9-15(11-26)23(20)25-22/h4-10,15,20,23,25-26H,11-12H2,1-3H3/b19-4+. The fourth-order valence-electron chi connectivity index (χ4n) is 5.08. The molecule has 144 valence electrons. The van der Waals surface area contributed by atoms with E-state index in [1.165, 1.54) is 16.5 Å². The van der Waals surface area contributed by atoms with Gasteiger partial charge in [0.05, 0.1) is 18.9 Å². The summed E-state index contributed by atoms with van der Waals surface area (Å²) in [6.45, 7) is 4.80. The van der Waals surface area contributed by atoms with Crippen molar-refractivity contribution in [3.05, 3.63) is 70.5 Å². The number of methoxy groups -OCH3 is 1. The Balaban J connectivity index is 1.83. The van der Waals surface area contributed by atoms with Crippen LogP contribution in [0.25, 0.3) is 16.5 Å². The monoisotopic (exact) mass is 375 g/mol. The molecular formula is C24H25NO3. The minimum absolute atomic E-state index is 0.0652. The normalized spacial score (nSPS) is 26.6. The zero-order valence-corrected chi connectivity index (χ0v) is 16.5. The average molecular weight is 375 g/mol. The summed E-state index contributed by atoms with van der Waals surface area (Å²) in [7, 11) is 1.73. The summed E-state index contributed by atoms with van der Waals surface area (Å²) in [5.74, 6) is 2.05. The Kier molecular flexibility index (Phi) is 4.07. The molecule has 2 aromatic carbocycles. The highest BCUT2D eigenvalue weighted by atomic mass is 16.5. The van der Waals surface area contributed by atoms with Gasteiger partial charge in [-0.2, -0.15) is 0 Å². The lowest BCUT2D eigenvalue weighted by molar-refractivity contribution is 0.214. The summed E-state index contributed by atoms with van der Waals surface area (Å²) in [6, 6.07) is 10.8. The second-order valence-corrected chi connectivity index (χ2v) is 7.81. The van der Waals surface area contributed by atoms with Gasteiger partial charge in [-0.1, -0.05) is 30.3 Å². The first kappa shape index (κ1) is 17.5. The van der Waals surface area contributed by atoms with Gasteiger partial charge in [0.25, 0.3) is 0 Å². The largest absolute Gasteiger partial charge is 0.456 e. The maximum absolute atomic E-state index is 10.0. The van der Waals surface area contributed by atoms with E-state index in [1.54, 1.807) is 7.11 Å². The van der Waals surface area contributed by atoms with Crippen LogP contribution < -0.4 is 10.1 Å². The molecule has 2 aromatic rings. The van der Waals surface area contributed by atoms with Crippen molar-refractivity contribution in [1.82, 2.24) is 5.32 Å². The number of hydrogen-bond donors (Lipinski definition) is 2. The maximum atomic E-state index is 10.0. The molecule has 28 heavy (non-hydrogen) atoms. The highest BCUT2D eigenvalue weighted by Crippen LogP contribution is 2.53. The van der Waals surface area contributed by atoms with Gasteiger partial charge in [0.2, 0.25) is 0 Å². The highest BCUT2D eigenvalue weighted by Gasteiger charge is 2.45. The van der Waals surface area contributed by atoms with Crippen molar-refractivity contribution in [2.24, 2.45) is 5.92 Å². The van der Waals surface area contributed by atoms with Gasteiger partial charge in [0.15, 0.2) is 0 Å². The van der Waals surface area contributed by atoms with E-state index in [9.17, 15) is 5.11 Å². The van der Waals surface area contributed by atoms with E-state index in [0.29, 0.717) is 6.61 Å². The Morgan fingerprint density at radius 3 is 2.86 bits per heavy atom. The number of benzene rings is 2. The van der Waals surface area contributed by atoms with Crippen LogP contribution in [-0.4, -0.2) is 31.5 Å². The Bertz CT molecular complexity index is 1060. The smallest absolute Gasteiger partial charge is 0.144 e. The number of fused-ring (bicyclic) bond motifs is 4. The zero-order valence-electron chi connectivity index (χ0n) is 16.5. The lowest BCUT2D eigenvalue weighted by atomic mass is 9.77. The van der Waals surface area contributed by atoms with Gasteiger partial charge >= 0.3 is 0 Å². The zero-order chi connectivity index (χ0) is 19.4. The number of rotatable bonds is 3. The topological polar surface area (TPSA) is 50.7 Å². The Morgan fingerprint density at radius 2 is 2.11 bits per heavy atom. The summed E-state index contributed by atoms with van der Waals surface area (Å²) in [6.07, 6.45) is 4.21. The molecule has 5 rings (SSSR count). The molecular weight excluding hydrogens is 350 g/mol.